The molecule has 1 unspecified atom stereocenters. The largest absolute Gasteiger partial charge is 0.349 e. The first-order valence-corrected chi connectivity index (χ1v) is 7.51. The lowest BCUT2D eigenvalue weighted by Crippen LogP contribution is -2.31. The van der Waals surface area contributed by atoms with Crippen molar-refractivity contribution in [2.24, 2.45) is 5.41 Å². The van der Waals surface area contributed by atoms with Gasteiger partial charge < -0.3 is 10.6 Å². The highest BCUT2D eigenvalue weighted by Gasteiger charge is 2.21. The summed E-state index contributed by atoms with van der Waals surface area (Å²) in [7, 11) is 1.87. The van der Waals surface area contributed by atoms with Crippen molar-refractivity contribution in [1.29, 1.82) is 0 Å². The molecule has 2 N–H and O–H groups in total. The van der Waals surface area contributed by atoms with E-state index in [4.69, 9.17) is 0 Å². The molecular formula is C17H28ClFN2O. The number of carbonyl (C=O) groups excluding carboxylic acids is 1. The van der Waals surface area contributed by atoms with Gasteiger partial charge in [-0.2, -0.15) is 0 Å². The van der Waals surface area contributed by atoms with Crippen LogP contribution in [-0.4, -0.2) is 19.5 Å². The van der Waals surface area contributed by atoms with Crippen molar-refractivity contribution in [2.75, 3.05) is 13.6 Å². The molecule has 0 saturated heterocycles. The fourth-order valence-corrected chi connectivity index (χ4v) is 2.25. The van der Waals surface area contributed by atoms with Crippen LogP contribution in [0.5, 0.6) is 0 Å². The highest BCUT2D eigenvalue weighted by molar-refractivity contribution is 5.85. The van der Waals surface area contributed by atoms with Crippen molar-refractivity contribution in [3.05, 3.63) is 35.6 Å². The average molecular weight is 331 g/mol. The van der Waals surface area contributed by atoms with Crippen molar-refractivity contribution < 1.29 is 9.18 Å². The molecule has 0 radical (unpaired) electrons. The average Bonchev–Trinajstić information content (AvgIpc) is 2.37. The number of amides is 1. The van der Waals surface area contributed by atoms with Crippen molar-refractivity contribution in [3.8, 4) is 0 Å². The molecular weight excluding hydrogens is 303 g/mol. The van der Waals surface area contributed by atoms with Gasteiger partial charge in [-0.3, -0.25) is 4.79 Å². The van der Waals surface area contributed by atoms with E-state index in [-0.39, 0.29) is 35.6 Å². The standard InChI is InChI=1S/C17H27FN2O.ClH/c1-17(2,3)12-15(13-7-9-14(18)10-8-13)20-16(21)6-5-11-19-4;/h7-10,15,19H,5-6,11-12H2,1-4H3,(H,20,21);1H. The number of hydrogen-bond acceptors (Lipinski definition) is 2. The summed E-state index contributed by atoms with van der Waals surface area (Å²) >= 11 is 0. The Morgan fingerprint density at radius 3 is 2.32 bits per heavy atom. The number of carbonyl (C=O) groups is 1. The van der Waals surface area contributed by atoms with Crippen LogP contribution < -0.4 is 10.6 Å². The molecule has 0 fully saturated rings. The highest BCUT2D eigenvalue weighted by Crippen LogP contribution is 2.29. The quantitative estimate of drug-likeness (QED) is 0.746. The fraction of sp³-hybridized carbons (Fsp3) is 0.588. The van der Waals surface area contributed by atoms with Crippen LogP contribution in [0, 0.1) is 11.2 Å². The van der Waals surface area contributed by atoms with E-state index in [0.29, 0.717) is 6.42 Å². The van der Waals surface area contributed by atoms with E-state index in [9.17, 15) is 9.18 Å². The van der Waals surface area contributed by atoms with Gasteiger partial charge in [-0.05, 0) is 49.5 Å². The van der Waals surface area contributed by atoms with E-state index in [1.165, 1.54) is 12.1 Å². The van der Waals surface area contributed by atoms with Gasteiger partial charge in [0, 0.05) is 6.42 Å². The first-order valence-electron chi connectivity index (χ1n) is 7.51. The molecule has 1 aromatic carbocycles. The minimum absolute atomic E-state index is 0. The van der Waals surface area contributed by atoms with Gasteiger partial charge in [0.05, 0.1) is 6.04 Å². The lowest BCUT2D eigenvalue weighted by molar-refractivity contribution is -0.122. The van der Waals surface area contributed by atoms with Crippen molar-refractivity contribution in [3.63, 3.8) is 0 Å². The number of rotatable bonds is 7. The minimum Gasteiger partial charge on any atom is -0.349 e. The molecule has 0 bridgehead atoms. The second-order valence-corrected chi connectivity index (χ2v) is 6.64. The normalized spacial score (nSPS) is 12.4. The molecule has 0 aliphatic carbocycles. The molecule has 0 aliphatic rings. The second kappa shape index (κ2) is 9.80. The first-order chi connectivity index (χ1) is 9.81. The molecule has 1 amide bonds. The van der Waals surface area contributed by atoms with E-state index in [1.807, 2.05) is 7.05 Å². The molecule has 1 aromatic rings. The topological polar surface area (TPSA) is 41.1 Å². The highest BCUT2D eigenvalue weighted by atomic mass is 35.5. The summed E-state index contributed by atoms with van der Waals surface area (Å²) < 4.78 is 13.1. The van der Waals surface area contributed by atoms with Crippen molar-refractivity contribution >= 4 is 18.3 Å². The number of hydrogen-bond donors (Lipinski definition) is 2. The van der Waals surface area contributed by atoms with E-state index in [1.54, 1.807) is 12.1 Å². The van der Waals surface area contributed by atoms with Crippen molar-refractivity contribution in [1.82, 2.24) is 10.6 Å². The molecule has 0 aromatic heterocycles. The maximum absolute atomic E-state index is 13.1. The zero-order valence-electron chi connectivity index (χ0n) is 13.9. The van der Waals surface area contributed by atoms with Gasteiger partial charge in [0.15, 0.2) is 0 Å². The molecule has 1 rings (SSSR count). The SMILES string of the molecule is CNCCCC(=O)NC(CC(C)(C)C)c1ccc(F)cc1.Cl. The summed E-state index contributed by atoms with van der Waals surface area (Å²) in [6, 6.07) is 6.31. The molecule has 0 aliphatic heterocycles. The third-order valence-corrected chi connectivity index (χ3v) is 3.25. The zero-order chi connectivity index (χ0) is 15.9. The lowest BCUT2D eigenvalue weighted by atomic mass is 9.85. The van der Waals surface area contributed by atoms with Gasteiger partial charge in [-0.15, -0.1) is 12.4 Å². The van der Waals surface area contributed by atoms with Crippen LogP contribution in [0.2, 0.25) is 0 Å². The van der Waals surface area contributed by atoms with Gasteiger partial charge in [0.1, 0.15) is 5.82 Å². The van der Waals surface area contributed by atoms with E-state index >= 15 is 0 Å². The third-order valence-electron chi connectivity index (χ3n) is 3.25. The Labute approximate surface area is 139 Å². The Bertz CT molecular complexity index is 443. The van der Waals surface area contributed by atoms with E-state index in [2.05, 4.69) is 31.4 Å². The molecule has 0 spiro atoms. The van der Waals surface area contributed by atoms with Gasteiger partial charge >= 0.3 is 0 Å². The second-order valence-electron chi connectivity index (χ2n) is 6.64. The molecule has 22 heavy (non-hydrogen) atoms. The van der Waals surface area contributed by atoms with Gasteiger partial charge in [0.25, 0.3) is 0 Å². The minimum atomic E-state index is -0.256. The Morgan fingerprint density at radius 2 is 1.82 bits per heavy atom. The molecule has 3 nitrogen and oxygen atoms in total. The maximum Gasteiger partial charge on any atom is 0.220 e. The maximum atomic E-state index is 13.1. The number of nitrogens with one attached hydrogen (secondary N) is 2. The summed E-state index contributed by atoms with van der Waals surface area (Å²) in [5, 5.41) is 6.11. The van der Waals surface area contributed by atoms with Crippen LogP contribution in [-0.2, 0) is 4.79 Å². The Morgan fingerprint density at radius 1 is 1.23 bits per heavy atom. The summed E-state index contributed by atoms with van der Waals surface area (Å²) in [6.07, 6.45) is 2.13. The number of benzene rings is 1. The van der Waals surface area contributed by atoms with Crippen LogP contribution in [0.3, 0.4) is 0 Å². The first kappa shape index (κ1) is 20.9. The molecule has 126 valence electrons. The van der Waals surface area contributed by atoms with E-state index < -0.39 is 0 Å². The molecule has 0 saturated carbocycles. The van der Waals surface area contributed by atoms with Crippen LogP contribution in [0.4, 0.5) is 4.39 Å². The predicted octanol–water partition coefficient (Wildman–Crippen LogP) is 3.84. The molecule has 5 heteroatoms. The molecule has 0 heterocycles. The summed E-state index contributed by atoms with van der Waals surface area (Å²) in [5.74, 6) is -0.211. The van der Waals surface area contributed by atoms with Crippen LogP contribution in [0.1, 0.15) is 51.6 Å². The van der Waals surface area contributed by atoms with Crippen LogP contribution in [0.25, 0.3) is 0 Å². The Balaban J connectivity index is 0.00000441. The third kappa shape index (κ3) is 8.35. The smallest absolute Gasteiger partial charge is 0.220 e. The van der Waals surface area contributed by atoms with Crippen LogP contribution >= 0.6 is 12.4 Å². The summed E-state index contributed by atoms with van der Waals surface area (Å²) in [5.41, 5.74) is 1.03. The van der Waals surface area contributed by atoms with Gasteiger partial charge in [-0.25, -0.2) is 4.39 Å². The van der Waals surface area contributed by atoms with Crippen LogP contribution in [0.15, 0.2) is 24.3 Å². The van der Waals surface area contributed by atoms with Gasteiger partial charge in [-0.1, -0.05) is 32.9 Å². The monoisotopic (exact) mass is 330 g/mol. The summed E-state index contributed by atoms with van der Waals surface area (Å²) in [6.45, 7) is 7.23. The Kier molecular flexibility index (Phi) is 9.30. The number of halogens is 2. The fourth-order valence-electron chi connectivity index (χ4n) is 2.25. The lowest BCUT2D eigenvalue weighted by Gasteiger charge is -2.27. The zero-order valence-corrected chi connectivity index (χ0v) is 14.7. The van der Waals surface area contributed by atoms with Crippen molar-refractivity contribution in [2.45, 2.75) is 46.1 Å². The predicted molar refractivity (Wildman–Crippen MR) is 91.8 cm³/mol. The summed E-state index contributed by atoms with van der Waals surface area (Å²) in [4.78, 5) is 12.0. The van der Waals surface area contributed by atoms with E-state index in [0.717, 1.165) is 24.9 Å². The van der Waals surface area contributed by atoms with Gasteiger partial charge in [0.2, 0.25) is 5.91 Å². The Hall–Kier alpha value is -1.13. The molecule has 1 atom stereocenters.